The second-order valence-corrected chi connectivity index (χ2v) is 12.7. The highest BCUT2D eigenvalue weighted by atomic mass is 16.5. The number of esters is 2. The van der Waals surface area contributed by atoms with Crippen molar-refractivity contribution in [2.75, 3.05) is 13.2 Å². The Hall–Kier alpha value is -5.36. The first-order valence-electron chi connectivity index (χ1n) is 18.0. The number of aromatic nitrogens is 2. The summed E-state index contributed by atoms with van der Waals surface area (Å²) in [6.07, 6.45) is 8.47. The van der Waals surface area contributed by atoms with Gasteiger partial charge >= 0.3 is 11.9 Å². The second-order valence-electron chi connectivity index (χ2n) is 12.7. The van der Waals surface area contributed by atoms with Crippen molar-refractivity contribution in [2.24, 2.45) is 0 Å². The Morgan fingerprint density at radius 2 is 0.860 bits per heavy atom. The summed E-state index contributed by atoms with van der Waals surface area (Å²) in [6, 6.07) is 40.4. The highest BCUT2D eigenvalue weighted by Crippen LogP contribution is 2.38. The highest BCUT2D eigenvalue weighted by molar-refractivity contribution is 5.95. The van der Waals surface area contributed by atoms with Crippen molar-refractivity contribution in [3.8, 4) is 33.9 Å². The van der Waals surface area contributed by atoms with Crippen LogP contribution in [0.4, 0.5) is 0 Å². The maximum atomic E-state index is 12.8. The molecule has 0 radical (unpaired) electrons. The van der Waals surface area contributed by atoms with Crippen molar-refractivity contribution in [3.63, 3.8) is 0 Å². The predicted molar refractivity (Wildman–Crippen MR) is 202 cm³/mol. The third kappa shape index (κ3) is 7.92. The summed E-state index contributed by atoms with van der Waals surface area (Å²) in [4.78, 5) is 25.7. The van der Waals surface area contributed by atoms with Crippen LogP contribution in [0.3, 0.4) is 0 Å². The van der Waals surface area contributed by atoms with Crippen LogP contribution in [0.5, 0.6) is 0 Å². The van der Waals surface area contributed by atoms with Gasteiger partial charge in [-0.25, -0.2) is 9.59 Å². The van der Waals surface area contributed by atoms with E-state index in [0.29, 0.717) is 24.3 Å². The molecule has 6 heteroatoms. The van der Waals surface area contributed by atoms with Crippen LogP contribution in [0.2, 0.25) is 0 Å². The Bertz CT molecular complexity index is 1840. The molecule has 0 unspecified atom stereocenters. The fourth-order valence-corrected chi connectivity index (χ4v) is 6.40. The number of hydrogen-bond donors (Lipinski definition) is 0. The van der Waals surface area contributed by atoms with E-state index in [9.17, 15) is 9.59 Å². The summed E-state index contributed by atoms with van der Waals surface area (Å²) in [6.45, 7) is 5.21. The largest absolute Gasteiger partial charge is 0.462 e. The molecule has 0 saturated carbocycles. The van der Waals surface area contributed by atoms with Gasteiger partial charge in [-0.3, -0.25) is 0 Å². The molecule has 6 aromatic rings. The monoisotopic (exact) mass is 666 g/mol. The van der Waals surface area contributed by atoms with Gasteiger partial charge in [0.05, 0.1) is 46.8 Å². The summed E-state index contributed by atoms with van der Waals surface area (Å²) < 4.78 is 15.6. The highest BCUT2D eigenvalue weighted by Gasteiger charge is 2.21. The van der Waals surface area contributed by atoms with Crippen molar-refractivity contribution in [1.82, 2.24) is 9.13 Å². The molecule has 2 aromatic heterocycles. The fraction of sp³-hybridized carbons (Fsp3) is 0.273. The lowest BCUT2D eigenvalue weighted by molar-refractivity contribution is 0.0488. The average molecular weight is 667 g/mol. The van der Waals surface area contributed by atoms with E-state index in [1.165, 1.54) is 0 Å². The van der Waals surface area contributed by atoms with Gasteiger partial charge in [-0.2, -0.15) is 0 Å². The molecule has 2 heterocycles. The molecular formula is C44H46N2O4. The zero-order chi connectivity index (χ0) is 34.7. The van der Waals surface area contributed by atoms with Crippen molar-refractivity contribution in [1.29, 1.82) is 0 Å². The molecular weight excluding hydrogens is 620 g/mol. The number of unbranched alkanes of at least 4 members (excludes halogenated alkanes) is 6. The minimum Gasteiger partial charge on any atom is -0.462 e. The zero-order valence-corrected chi connectivity index (χ0v) is 29.1. The van der Waals surface area contributed by atoms with Crippen LogP contribution < -0.4 is 0 Å². The molecule has 0 aliphatic rings. The molecule has 6 rings (SSSR count). The van der Waals surface area contributed by atoms with Crippen molar-refractivity contribution in [2.45, 2.75) is 65.2 Å². The van der Waals surface area contributed by atoms with Gasteiger partial charge in [0.1, 0.15) is 0 Å². The summed E-state index contributed by atoms with van der Waals surface area (Å²) >= 11 is 0. The SMILES string of the molecule is CCCCCCOC(=O)c1ccc(-n2c(-c3ccccc3)cc3c2cc(-c2ccccc2)n3-c2ccc(C(=O)OCCCCCC)cc2)cc1. The van der Waals surface area contributed by atoms with E-state index in [4.69, 9.17) is 9.47 Å². The van der Waals surface area contributed by atoms with E-state index in [2.05, 4.69) is 59.4 Å². The molecule has 0 N–H and O–H groups in total. The molecule has 0 aliphatic carbocycles. The molecule has 0 bridgehead atoms. The molecule has 0 saturated heterocycles. The van der Waals surface area contributed by atoms with Gasteiger partial charge in [-0.15, -0.1) is 0 Å². The number of nitrogens with zero attached hydrogens (tertiary/aromatic N) is 2. The number of carbonyl (C=O) groups excluding carboxylic acids is 2. The van der Waals surface area contributed by atoms with E-state index in [1.807, 2.05) is 84.9 Å². The van der Waals surface area contributed by atoms with E-state index >= 15 is 0 Å². The Morgan fingerprint density at radius 1 is 0.480 bits per heavy atom. The van der Waals surface area contributed by atoms with Crippen LogP contribution in [0.25, 0.3) is 44.9 Å². The molecule has 256 valence electrons. The average Bonchev–Trinajstić information content (AvgIpc) is 3.72. The lowest BCUT2D eigenvalue weighted by Crippen LogP contribution is -2.07. The quantitative estimate of drug-likeness (QED) is 0.0762. The van der Waals surface area contributed by atoms with E-state index in [0.717, 1.165) is 96.3 Å². The summed E-state index contributed by atoms with van der Waals surface area (Å²) in [5.74, 6) is -0.592. The first-order valence-corrected chi connectivity index (χ1v) is 18.0. The van der Waals surface area contributed by atoms with Crippen LogP contribution >= 0.6 is 0 Å². The van der Waals surface area contributed by atoms with Gasteiger partial charge in [0, 0.05) is 11.4 Å². The van der Waals surface area contributed by atoms with Crippen LogP contribution in [0.15, 0.2) is 121 Å². The smallest absolute Gasteiger partial charge is 0.338 e. The molecule has 0 fully saturated rings. The molecule has 0 amide bonds. The Labute approximate surface area is 295 Å². The predicted octanol–water partition coefficient (Wildman–Crippen LogP) is 11.2. The number of benzene rings is 4. The van der Waals surface area contributed by atoms with Crippen molar-refractivity contribution >= 4 is 23.0 Å². The molecule has 0 aliphatic heterocycles. The van der Waals surface area contributed by atoms with Crippen LogP contribution in [0, 0.1) is 0 Å². The number of fused-ring (bicyclic) bond motifs is 1. The lowest BCUT2D eigenvalue weighted by Gasteiger charge is -2.13. The third-order valence-corrected chi connectivity index (χ3v) is 9.10. The number of carbonyl (C=O) groups is 2. The topological polar surface area (TPSA) is 62.5 Å². The first-order chi connectivity index (χ1) is 24.6. The molecule has 4 aromatic carbocycles. The fourth-order valence-electron chi connectivity index (χ4n) is 6.40. The van der Waals surface area contributed by atoms with Gasteiger partial charge in [0.2, 0.25) is 0 Å². The minimum absolute atomic E-state index is 0.296. The Kier molecular flexibility index (Phi) is 11.6. The van der Waals surface area contributed by atoms with Crippen molar-refractivity contribution < 1.29 is 19.1 Å². The Morgan fingerprint density at radius 3 is 1.22 bits per heavy atom. The van der Waals surface area contributed by atoms with Crippen LogP contribution in [-0.4, -0.2) is 34.3 Å². The van der Waals surface area contributed by atoms with Gasteiger partial charge in [-0.1, -0.05) is 113 Å². The van der Waals surface area contributed by atoms with Crippen LogP contribution in [0.1, 0.15) is 85.9 Å². The summed E-state index contributed by atoms with van der Waals surface area (Å²) in [5, 5.41) is 0. The van der Waals surface area contributed by atoms with Gasteiger partial charge in [0.25, 0.3) is 0 Å². The number of ether oxygens (including phenoxy) is 2. The van der Waals surface area contributed by atoms with Gasteiger partial charge in [0.15, 0.2) is 0 Å². The maximum Gasteiger partial charge on any atom is 0.338 e. The Balaban J connectivity index is 1.39. The van der Waals surface area contributed by atoms with Crippen molar-refractivity contribution in [3.05, 3.63) is 132 Å². The standard InChI is InChI=1S/C44H46N2O4/c1-3-5-7-15-29-49-43(47)35-21-25-37(26-22-35)45-39(33-17-11-9-12-18-33)31-42-41(45)32-40(34-19-13-10-14-20-34)46(42)38-27-23-36(24-28-38)44(48)50-30-16-8-6-4-2/h9-14,17-28,31-32H,3-8,15-16,29-30H2,1-2H3. The third-order valence-electron chi connectivity index (χ3n) is 9.10. The molecule has 0 atom stereocenters. The number of hydrogen-bond acceptors (Lipinski definition) is 4. The lowest BCUT2D eigenvalue weighted by atomic mass is 10.1. The first kappa shape index (κ1) is 34.5. The van der Waals surface area contributed by atoms with Gasteiger partial charge in [-0.05, 0) is 84.6 Å². The molecule has 50 heavy (non-hydrogen) atoms. The maximum absolute atomic E-state index is 12.8. The second kappa shape index (κ2) is 16.8. The molecule has 0 spiro atoms. The number of rotatable bonds is 16. The van der Waals surface area contributed by atoms with E-state index < -0.39 is 0 Å². The summed E-state index contributed by atoms with van der Waals surface area (Å²) in [5.41, 5.74) is 9.19. The summed E-state index contributed by atoms with van der Waals surface area (Å²) in [7, 11) is 0. The minimum atomic E-state index is -0.296. The molecule has 6 nitrogen and oxygen atoms in total. The van der Waals surface area contributed by atoms with Gasteiger partial charge < -0.3 is 18.6 Å². The zero-order valence-electron chi connectivity index (χ0n) is 29.1. The van der Waals surface area contributed by atoms with E-state index in [1.54, 1.807) is 0 Å². The van der Waals surface area contributed by atoms with Crippen LogP contribution in [-0.2, 0) is 9.47 Å². The van der Waals surface area contributed by atoms with E-state index in [-0.39, 0.29) is 11.9 Å². The normalized spacial score (nSPS) is 11.2.